The third-order valence-corrected chi connectivity index (χ3v) is 5.20. The number of hydrogen-bond acceptors (Lipinski definition) is 3. The summed E-state index contributed by atoms with van der Waals surface area (Å²) in [7, 11) is -3.11. The van der Waals surface area contributed by atoms with Crippen molar-refractivity contribution >= 4 is 10.0 Å². The van der Waals surface area contributed by atoms with E-state index in [1.54, 1.807) is 0 Å². The highest BCUT2D eigenvalue weighted by molar-refractivity contribution is 7.90. The van der Waals surface area contributed by atoms with E-state index in [-0.39, 0.29) is 11.3 Å². The van der Waals surface area contributed by atoms with E-state index in [0.717, 1.165) is 45.2 Å². The standard InChI is InChI=1S/C11H24N2O2S/c1-3-5-10(4-2)13-16(14,15)11-6-8-12-9-7-11/h10-13H,3-9H2,1-2H3. The minimum Gasteiger partial charge on any atom is -0.317 e. The molecule has 0 bridgehead atoms. The van der Waals surface area contributed by atoms with Gasteiger partial charge < -0.3 is 5.32 Å². The lowest BCUT2D eigenvalue weighted by Crippen LogP contribution is -2.45. The van der Waals surface area contributed by atoms with Crippen molar-refractivity contribution < 1.29 is 8.42 Å². The molecular formula is C11H24N2O2S. The van der Waals surface area contributed by atoms with E-state index in [1.165, 1.54) is 0 Å². The van der Waals surface area contributed by atoms with E-state index in [2.05, 4.69) is 17.0 Å². The summed E-state index contributed by atoms with van der Waals surface area (Å²) in [6.07, 6.45) is 4.29. The molecule has 0 saturated carbocycles. The lowest BCUT2D eigenvalue weighted by molar-refractivity contribution is 0.469. The monoisotopic (exact) mass is 248 g/mol. The van der Waals surface area contributed by atoms with Gasteiger partial charge in [-0.25, -0.2) is 13.1 Å². The van der Waals surface area contributed by atoms with Gasteiger partial charge in [0.1, 0.15) is 0 Å². The summed E-state index contributed by atoms with van der Waals surface area (Å²) in [6, 6.07) is 0.116. The molecule has 1 fully saturated rings. The topological polar surface area (TPSA) is 58.2 Å². The molecule has 1 rings (SSSR count). The predicted molar refractivity (Wildman–Crippen MR) is 66.9 cm³/mol. The zero-order chi connectivity index (χ0) is 12.0. The average molecular weight is 248 g/mol. The van der Waals surface area contributed by atoms with Crippen molar-refractivity contribution in [2.45, 2.75) is 57.2 Å². The van der Waals surface area contributed by atoms with Gasteiger partial charge in [0, 0.05) is 6.04 Å². The minimum absolute atomic E-state index is 0.116. The van der Waals surface area contributed by atoms with Gasteiger partial charge in [0.25, 0.3) is 0 Å². The van der Waals surface area contributed by atoms with Crippen molar-refractivity contribution in [1.29, 1.82) is 0 Å². The summed E-state index contributed by atoms with van der Waals surface area (Å²) in [5.74, 6) is 0. The summed E-state index contributed by atoms with van der Waals surface area (Å²) < 4.78 is 27.0. The number of rotatable bonds is 6. The van der Waals surface area contributed by atoms with Crippen LogP contribution in [0.5, 0.6) is 0 Å². The molecule has 1 aliphatic heterocycles. The lowest BCUT2D eigenvalue weighted by Gasteiger charge is -2.25. The SMILES string of the molecule is CCCC(CC)NS(=O)(=O)C1CCNCC1. The van der Waals surface area contributed by atoms with E-state index < -0.39 is 10.0 Å². The highest BCUT2D eigenvalue weighted by Crippen LogP contribution is 2.14. The zero-order valence-electron chi connectivity index (χ0n) is 10.3. The van der Waals surface area contributed by atoms with Crippen LogP contribution >= 0.6 is 0 Å². The van der Waals surface area contributed by atoms with E-state index in [0.29, 0.717) is 0 Å². The molecule has 0 radical (unpaired) electrons. The van der Waals surface area contributed by atoms with Gasteiger partial charge in [0.05, 0.1) is 5.25 Å². The van der Waals surface area contributed by atoms with Gasteiger partial charge in [0.15, 0.2) is 0 Å². The molecule has 1 heterocycles. The van der Waals surface area contributed by atoms with Crippen LogP contribution in [0.3, 0.4) is 0 Å². The largest absolute Gasteiger partial charge is 0.317 e. The van der Waals surface area contributed by atoms with Crippen LogP contribution in [-0.4, -0.2) is 32.8 Å². The molecule has 0 spiro atoms. The molecule has 0 aromatic carbocycles. The molecule has 0 aliphatic carbocycles. The first-order valence-corrected chi connectivity index (χ1v) is 7.86. The van der Waals surface area contributed by atoms with Gasteiger partial charge in [-0.15, -0.1) is 0 Å². The van der Waals surface area contributed by atoms with Crippen LogP contribution in [0.2, 0.25) is 0 Å². The molecule has 2 N–H and O–H groups in total. The maximum Gasteiger partial charge on any atom is 0.214 e. The van der Waals surface area contributed by atoms with Crippen LogP contribution in [0.4, 0.5) is 0 Å². The second-order valence-corrected chi connectivity index (χ2v) is 6.50. The van der Waals surface area contributed by atoms with Gasteiger partial charge in [-0.05, 0) is 38.8 Å². The van der Waals surface area contributed by atoms with Crippen molar-refractivity contribution in [3.05, 3.63) is 0 Å². The molecular weight excluding hydrogens is 224 g/mol. The van der Waals surface area contributed by atoms with Crippen LogP contribution in [0.1, 0.15) is 46.0 Å². The van der Waals surface area contributed by atoms with Gasteiger partial charge in [-0.2, -0.15) is 0 Å². The molecule has 1 unspecified atom stereocenters. The Balaban J connectivity index is 2.54. The first-order valence-electron chi connectivity index (χ1n) is 6.32. The Bertz CT molecular complexity index is 284. The van der Waals surface area contributed by atoms with Crippen molar-refractivity contribution in [3.8, 4) is 0 Å². The van der Waals surface area contributed by atoms with Crippen molar-refractivity contribution in [2.24, 2.45) is 0 Å². The third-order valence-electron chi connectivity index (χ3n) is 3.19. The molecule has 1 aliphatic rings. The fourth-order valence-corrected chi connectivity index (χ4v) is 3.93. The molecule has 96 valence electrons. The zero-order valence-corrected chi connectivity index (χ0v) is 11.1. The first kappa shape index (κ1) is 13.9. The van der Waals surface area contributed by atoms with Crippen molar-refractivity contribution in [3.63, 3.8) is 0 Å². The summed E-state index contributed by atoms with van der Waals surface area (Å²) in [5.41, 5.74) is 0. The maximum atomic E-state index is 12.1. The van der Waals surface area contributed by atoms with Crippen LogP contribution in [0.25, 0.3) is 0 Å². The fourth-order valence-electron chi connectivity index (χ4n) is 2.13. The summed E-state index contributed by atoms with van der Waals surface area (Å²) >= 11 is 0. The number of hydrogen-bond donors (Lipinski definition) is 2. The van der Waals surface area contributed by atoms with Crippen molar-refractivity contribution in [2.75, 3.05) is 13.1 Å². The van der Waals surface area contributed by atoms with Gasteiger partial charge in [-0.1, -0.05) is 20.3 Å². The molecule has 0 amide bonds. The van der Waals surface area contributed by atoms with E-state index >= 15 is 0 Å². The van der Waals surface area contributed by atoms with E-state index in [1.807, 2.05) is 6.92 Å². The number of sulfonamides is 1. The van der Waals surface area contributed by atoms with Crippen molar-refractivity contribution in [1.82, 2.24) is 10.0 Å². The Hall–Kier alpha value is -0.130. The molecule has 5 heteroatoms. The molecule has 1 atom stereocenters. The smallest absolute Gasteiger partial charge is 0.214 e. The summed E-state index contributed by atoms with van der Waals surface area (Å²) in [6.45, 7) is 5.75. The van der Waals surface area contributed by atoms with Gasteiger partial charge in [0.2, 0.25) is 10.0 Å². The second-order valence-electron chi connectivity index (χ2n) is 4.51. The van der Waals surface area contributed by atoms with Crippen LogP contribution in [-0.2, 0) is 10.0 Å². The molecule has 16 heavy (non-hydrogen) atoms. The Kier molecular flexibility index (Phi) is 5.72. The Morgan fingerprint density at radius 2 is 1.94 bits per heavy atom. The molecule has 0 aromatic rings. The Morgan fingerprint density at radius 1 is 1.31 bits per heavy atom. The Labute approximate surface area is 99.2 Å². The summed E-state index contributed by atoms with van der Waals surface area (Å²) in [4.78, 5) is 0. The quantitative estimate of drug-likeness (QED) is 0.743. The maximum absolute atomic E-state index is 12.1. The molecule has 0 aromatic heterocycles. The highest BCUT2D eigenvalue weighted by Gasteiger charge is 2.28. The number of nitrogens with one attached hydrogen (secondary N) is 2. The predicted octanol–water partition coefficient (Wildman–Crippen LogP) is 1.24. The molecule has 4 nitrogen and oxygen atoms in total. The number of piperidine rings is 1. The van der Waals surface area contributed by atoms with Crippen LogP contribution in [0, 0.1) is 0 Å². The fraction of sp³-hybridized carbons (Fsp3) is 1.00. The van der Waals surface area contributed by atoms with Crippen LogP contribution < -0.4 is 10.0 Å². The molecule has 1 saturated heterocycles. The highest BCUT2D eigenvalue weighted by atomic mass is 32.2. The van der Waals surface area contributed by atoms with Crippen LogP contribution in [0.15, 0.2) is 0 Å². The van der Waals surface area contributed by atoms with Gasteiger partial charge in [-0.3, -0.25) is 0 Å². The van der Waals surface area contributed by atoms with Gasteiger partial charge >= 0.3 is 0 Å². The minimum atomic E-state index is -3.11. The first-order chi connectivity index (χ1) is 7.60. The third kappa shape index (κ3) is 4.03. The van der Waals surface area contributed by atoms with E-state index in [4.69, 9.17) is 0 Å². The Morgan fingerprint density at radius 3 is 2.44 bits per heavy atom. The second kappa shape index (κ2) is 6.57. The normalized spacial score (nSPS) is 20.9. The summed E-state index contributed by atoms with van der Waals surface area (Å²) in [5, 5.41) is 2.99. The van der Waals surface area contributed by atoms with E-state index in [9.17, 15) is 8.42 Å². The average Bonchev–Trinajstić information content (AvgIpc) is 2.29. The lowest BCUT2D eigenvalue weighted by atomic mass is 10.1.